The van der Waals surface area contributed by atoms with Gasteiger partial charge in [0.15, 0.2) is 6.61 Å². The second-order valence-corrected chi connectivity index (χ2v) is 4.88. The van der Waals surface area contributed by atoms with Crippen LogP contribution in [0, 0.1) is 6.92 Å². The molecule has 6 heteroatoms. The van der Waals surface area contributed by atoms with Gasteiger partial charge in [-0.1, -0.05) is 24.2 Å². The molecule has 0 fully saturated rings. The van der Waals surface area contributed by atoms with Gasteiger partial charge in [0.05, 0.1) is 4.47 Å². The Morgan fingerprint density at radius 3 is 2.95 bits per heavy atom. The van der Waals surface area contributed by atoms with Crippen LogP contribution in [-0.2, 0) is 13.2 Å². The first-order valence-corrected chi connectivity index (χ1v) is 6.90. The van der Waals surface area contributed by atoms with E-state index in [4.69, 9.17) is 9.26 Å². The Labute approximate surface area is 120 Å². The molecule has 0 unspecified atom stereocenters. The summed E-state index contributed by atoms with van der Waals surface area (Å²) in [5.74, 6) is 1.90. The van der Waals surface area contributed by atoms with Crippen LogP contribution in [0.2, 0.25) is 0 Å². The van der Waals surface area contributed by atoms with Gasteiger partial charge in [-0.3, -0.25) is 0 Å². The van der Waals surface area contributed by atoms with Gasteiger partial charge in [-0.2, -0.15) is 4.98 Å². The highest BCUT2D eigenvalue weighted by atomic mass is 79.9. The zero-order valence-corrected chi connectivity index (χ0v) is 12.5. The summed E-state index contributed by atoms with van der Waals surface area (Å²) >= 11 is 3.50. The van der Waals surface area contributed by atoms with Crippen molar-refractivity contribution in [3.63, 3.8) is 0 Å². The smallest absolute Gasteiger partial charge is 0.223 e. The number of para-hydroxylation sites is 1. The van der Waals surface area contributed by atoms with Crippen LogP contribution in [-0.4, -0.2) is 16.7 Å². The number of benzene rings is 1. The number of hydrogen-bond acceptors (Lipinski definition) is 5. The van der Waals surface area contributed by atoms with Gasteiger partial charge in [0, 0.05) is 19.0 Å². The van der Waals surface area contributed by atoms with Crippen molar-refractivity contribution in [3.05, 3.63) is 40.0 Å². The number of aromatic nitrogens is 2. The highest BCUT2D eigenvalue weighted by molar-refractivity contribution is 9.10. The van der Waals surface area contributed by atoms with E-state index in [1.165, 1.54) is 0 Å². The highest BCUT2D eigenvalue weighted by Gasteiger charge is 2.10. The predicted molar refractivity (Wildman–Crippen MR) is 74.9 cm³/mol. The molecule has 0 aliphatic rings. The van der Waals surface area contributed by atoms with E-state index in [1.807, 2.05) is 18.2 Å². The van der Waals surface area contributed by atoms with Crippen molar-refractivity contribution in [1.82, 2.24) is 15.5 Å². The Morgan fingerprint density at radius 1 is 1.42 bits per heavy atom. The van der Waals surface area contributed by atoms with Crippen LogP contribution in [0.5, 0.6) is 5.75 Å². The van der Waals surface area contributed by atoms with Crippen LogP contribution < -0.4 is 10.1 Å². The van der Waals surface area contributed by atoms with Crippen LogP contribution in [0.3, 0.4) is 0 Å². The molecule has 0 saturated carbocycles. The summed E-state index contributed by atoms with van der Waals surface area (Å²) in [5, 5.41) is 7.09. The number of aryl methyl sites for hydroxylation is 1. The van der Waals surface area contributed by atoms with Crippen molar-refractivity contribution < 1.29 is 9.26 Å². The predicted octanol–water partition coefficient (Wildman–Crippen LogP) is 2.83. The van der Waals surface area contributed by atoms with Crippen LogP contribution in [0.15, 0.2) is 27.2 Å². The molecule has 0 aliphatic carbocycles. The molecule has 1 heterocycles. The third-order valence-electron chi connectivity index (χ3n) is 2.53. The van der Waals surface area contributed by atoms with Gasteiger partial charge in [0.25, 0.3) is 0 Å². The summed E-state index contributed by atoms with van der Waals surface area (Å²) in [6, 6.07) is 5.97. The number of halogens is 1. The van der Waals surface area contributed by atoms with E-state index in [2.05, 4.69) is 38.3 Å². The van der Waals surface area contributed by atoms with E-state index < -0.39 is 0 Å². The molecular weight excluding hydrogens is 310 g/mol. The molecule has 19 heavy (non-hydrogen) atoms. The SMILES string of the molecule is CCNCc1cccc(Br)c1OCc1noc(C)n1. The van der Waals surface area contributed by atoms with Crippen molar-refractivity contribution in [1.29, 1.82) is 0 Å². The molecular formula is C13H16BrN3O2. The monoisotopic (exact) mass is 325 g/mol. The minimum atomic E-state index is 0.291. The lowest BCUT2D eigenvalue weighted by Gasteiger charge is -2.12. The average molecular weight is 326 g/mol. The van der Waals surface area contributed by atoms with E-state index in [9.17, 15) is 0 Å². The fourth-order valence-electron chi connectivity index (χ4n) is 1.65. The average Bonchev–Trinajstić information content (AvgIpc) is 2.81. The molecule has 1 aromatic heterocycles. The van der Waals surface area contributed by atoms with Crippen molar-refractivity contribution >= 4 is 15.9 Å². The first-order chi connectivity index (χ1) is 9.20. The van der Waals surface area contributed by atoms with Crippen molar-refractivity contribution in [2.45, 2.75) is 27.0 Å². The lowest BCUT2D eigenvalue weighted by molar-refractivity contribution is 0.281. The first-order valence-electron chi connectivity index (χ1n) is 6.10. The lowest BCUT2D eigenvalue weighted by Crippen LogP contribution is -2.13. The van der Waals surface area contributed by atoms with Gasteiger partial charge in [-0.15, -0.1) is 0 Å². The molecule has 5 nitrogen and oxygen atoms in total. The van der Waals surface area contributed by atoms with Gasteiger partial charge < -0.3 is 14.6 Å². The van der Waals surface area contributed by atoms with Crippen molar-refractivity contribution in [2.75, 3.05) is 6.54 Å². The number of nitrogens with one attached hydrogen (secondary N) is 1. The van der Waals surface area contributed by atoms with E-state index in [-0.39, 0.29) is 0 Å². The second kappa shape index (κ2) is 6.68. The molecule has 0 bridgehead atoms. The van der Waals surface area contributed by atoms with Gasteiger partial charge in [-0.25, -0.2) is 0 Å². The van der Waals surface area contributed by atoms with Gasteiger partial charge in [-0.05, 0) is 28.5 Å². The highest BCUT2D eigenvalue weighted by Crippen LogP contribution is 2.29. The molecule has 1 N–H and O–H groups in total. The summed E-state index contributed by atoms with van der Waals surface area (Å²) < 4.78 is 11.6. The van der Waals surface area contributed by atoms with Crippen LogP contribution in [0.25, 0.3) is 0 Å². The number of ether oxygens (including phenoxy) is 1. The summed E-state index contributed by atoms with van der Waals surface area (Å²) in [5.41, 5.74) is 1.09. The molecule has 2 aromatic rings. The third kappa shape index (κ3) is 3.78. The van der Waals surface area contributed by atoms with Gasteiger partial charge >= 0.3 is 0 Å². The maximum atomic E-state index is 5.79. The second-order valence-electron chi connectivity index (χ2n) is 4.03. The minimum Gasteiger partial charge on any atom is -0.484 e. The van der Waals surface area contributed by atoms with E-state index >= 15 is 0 Å². The summed E-state index contributed by atoms with van der Waals surface area (Å²) in [6.07, 6.45) is 0. The standard InChI is InChI=1S/C13H16BrN3O2/c1-3-15-7-10-5-4-6-11(14)13(10)18-8-12-16-9(2)19-17-12/h4-6,15H,3,7-8H2,1-2H3. The molecule has 0 radical (unpaired) electrons. The molecule has 2 rings (SSSR count). The molecule has 1 aromatic carbocycles. The Balaban J connectivity index is 2.09. The zero-order valence-electron chi connectivity index (χ0n) is 10.9. The van der Waals surface area contributed by atoms with E-state index in [0.29, 0.717) is 18.3 Å². The normalized spacial score (nSPS) is 10.7. The Kier molecular flexibility index (Phi) is 4.93. The van der Waals surface area contributed by atoms with Crippen molar-refractivity contribution in [2.24, 2.45) is 0 Å². The zero-order chi connectivity index (χ0) is 13.7. The molecule has 0 amide bonds. The topological polar surface area (TPSA) is 60.2 Å². The molecule has 0 atom stereocenters. The van der Waals surface area contributed by atoms with Gasteiger partial charge in [0.1, 0.15) is 5.75 Å². The number of nitrogens with zero attached hydrogens (tertiary/aromatic N) is 2. The van der Waals surface area contributed by atoms with Crippen LogP contribution in [0.1, 0.15) is 24.2 Å². The van der Waals surface area contributed by atoms with E-state index in [1.54, 1.807) is 6.92 Å². The van der Waals surface area contributed by atoms with Crippen molar-refractivity contribution in [3.8, 4) is 5.75 Å². The molecule has 0 spiro atoms. The van der Waals surface area contributed by atoms with E-state index in [0.717, 1.165) is 28.9 Å². The van der Waals surface area contributed by atoms with Crippen LogP contribution in [0.4, 0.5) is 0 Å². The quantitative estimate of drug-likeness (QED) is 0.884. The minimum absolute atomic E-state index is 0.291. The lowest BCUT2D eigenvalue weighted by atomic mass is 10.2. The Bertz CT molecular complexity index is 542. The molecule has 102 valence electrons. The first kappa shape index (κ1) is 14.0. The maximum Gasteiger partial charge on any atom is 0.223 e. The summed E-state index contributed by atoms with van der Waals surface area (Å²) in [6.45, 7) is 5.79. The molecule has 0 aliphatic heterocycles. The number of rotatable bonds is 6. The third-order valence-corrected chi connectivity index (χ3v) is 3.15. The van der Waals surface area contributed by atoms with Crippen LogP contribution >= 0.6 is 15.9 Å². The Morgan fingerprint density at radius 2 is 2.26 bits per heavy atom. The summed E-state index contributed by atoms with van der Waals surface area (Å²) in [7, 11) is 0. The Hall–Kier alpha value is -1.40. The largest absolute Gasteiger partial charge is 0.484 e. The maximum absolute atomic E-state index is 5.79. The molecule has 0 saturated heterocycles. The van der Waals surface area contributed by atoms with Gasteiger partial charge in [0.2, 0.25) is 11.7 Å². The number of hydrogen-bond donors (Lipinski definition) is 1. The fraction of sp³-hybridized carbons (Fsp3) is 0.385. The fourth-order valence-corrected chi connectivity index (χ4v) is 2.17. The summed E-state index contributed by atoms with van der Waals surface area (Å²) in [4.78, 5) is 4.11.